The monoisotopic (exact) mass is 443 g/mol. The van der Waals surface area contributed by atoms with Crippen molar-refractivity contribution in [3.8, 4) is 0 Å². The van der Waals surface area contributed by atoms with Crippen molar-refractivity contribution in [3.05, 3.63) is 77.9 Å². The van der Waals surface area contributed by atoms with Crippen LogP contribution in [0, 0.1) is 5.92 Å². The van der Waals surface area contributed by atoms with Gasteiger partial charge in [-0.3, -0.25) is 9.78 Å². The normalized spacial score (nSPS) is 18.9. The molecule has 0 bridgehead atoms. The first-order valence-electron chi connectivity index (χ1n) is 11.3. The molecule has 0 amide bonds. The minimum absolute atomic E-state index is 0.0199. The number of rotatable bonds is 6. The Balaban J connectivity index is 1.47. The maximum absolute atomic E-state index is 13.1. The summed E-state index contributed by atoms with van der Waals surface area (Å²) in [6.45, 7) is 9.45. The second-order valence-electron chi connectivity index (χ2n) is 8.59. The standard InChI is InChI=1S/C26H29N5O2/c1-17(2)29-26(23-6-4-5-13-27-23)30-18(3)21-8-9-22(21)25(33)19-7-10-24(28-16-19)31-14-11-20(32)12-15-31/h4-8,10,13,16,20,22,32H,3,9,11-12,14-15H2,1-2H3. The van der Waals surface area contributed by atoms with Crippen LogP contribution in [0.4, 0.5) is 5.82 Å². The number of pyridine rings is 2. The minimum Gasteiger partial charge on any atom is -0.393 e. The highest BCUT2D eigenvalue weighted by Crippen LogP contribution is 2.35. The van der Waals surface area contributed by atoms with E-state index < -0.39 is 0 Å². The van der Waals surface area contributed by atoms with Crippen molar-refractivity contribution in [1.29, 1.82) is 0 Å². The van der Waals surface area contributed by atoms with E-state index in [1.165, 1.54) is 0 Å². The molecule has 2 aromatic rings. The van der Waals surface area contributed by atoms with Crippen molar-refractivity contribution >= 4 is 23.1 Å². The summed E-state index contributed by atoms with van der Waals surface area (Å²) >= 11 is 0. The van der Waals surface area contributed by atoms with Crippen LogP contribution in [0.2, 0.25) is 0 Å². The number of hydrogen-bond acceptors (Lipinski definition) is 6. The van der Waals surface area contributed by atoms with Crippen LogP contribution in [0.15, 0.2) is 76.6 Å². The first-order chi connectivity index (χ1) is 15.9. The Morgan fingerprint density at radius 1 is 1.12 bits per heavy atom. The number of amidine groups is 1. The summed E-state index contributed by atoms with van der Waals surface area (Å²) in [6.07, 6.45) is 7.25. The molecule has 2 aliphatic rings. The molecule has 1 aliphatic carbocycles. The highest BCUT2D eigenvalue weighted by Gasteiger charge is 2.31. The van der Waals surface area contributed by atoms with Crippen molar-refractivity contribution in [2.75, 3.05) is 18.0 Å². The molecule has 7 nitrogen and oxygen atoms in total. The Bertz CT molecular complexity index is 1110. The highest BCUT2D eigenvalue weighted by molar-refractivity contribution is 6.06. The van der Waals surface area contributed by atoms with Crippen molar-refractivity contribution in [2.45, 2.75) is 39.2 Å². The molecule has 1 unspecified atom stereocenters. The topological polar surface area (TPSA) is 91.0 Å². The average Bonchev–Trinajstić information content (AvgIpc) is 2.79. The fourth-order valence-electron chi connectivity index (χ4n) is 3.97. The fourth-order valence-corrected chi connectivity index (χ4v) is 3.97. The van der Waals surface area contributed by atoms with Crippen molar-refractivity contribution in [1.82, 2.24) is 9.97 Å². The van der Waals surface area contributed by atoms with Gasteiger partial charge in [0.2, 0.25) is 0 Å². The molecular formula is C26H29N5O2. The molecule has 1 N–H and O–H groups in total. The van der Waals surface area contributed by atoms with E-state index in [2.05, 4.69) is 31.4 Å². The van der Waals surface area contributed by atoms with Gasteiger partial charge >= 0.3 is 0 Å². The number of aliphatic hydroxyl groups is 1. The molecule has 0 aromatic carbocycles. The van der Waals surface area contributed by atoms with Crippen LogP contribution in [-0.4, -0.2) is 51.6 Å². The Kier molecular flexibility index (Phi) is 6.89. The number of aliphatic hydroxyl groups excluding tert-OH is 1. The maximum Gasteiger partial charge on any atom is 0.178 e. The lowest BCUT2D eigenvalue weighted by Crippen LogP contribution is -2.36. The third kappa shape index (κ3) is 5.31. The Morgan fingerprint density at radius 2 is 1.91 bits per heavy atom. The van der Waals surface area contributed by atoms with Gasteiger partial charge in [0.05, 0.1) is 17.7 Å². The largest absolute Gasteiger partial charge is 0.393 e. The quantitative estimate of drug-likeness (QED) is 0.414. The van der Waals surface area contributed by atoms with E-state index in [0.717, 1.165) is 43.0 Å². The van der Waals surface area contributed by atoms with Gasteiger partial charge in [0.15, 0.2) is 11.6 Å². The van der Waals surface area contributed by atoms with Crippen molar-refractivity contribution in [2.24, 2.45) is 15.9 Å². The van der Waals surface area contributed by atoms with E-state index in [1.807, 2.05) is 50.3 Å². The van der Waals surface area contributed by atoms with Gasteiger partial charge in [0.1, 0.15) is 11.5 Å². The summed E-state index contributed by atoms with van der Waals surface area (Å²) in [5.74, 6) is 1.06. The van der Waals surface area contributed by atoms with E-state index in [-0.39, 0.29) is 17.8 Å². The fraction of sp³-hybridized carbons (Fsp3) is 0.346. The molecule has 4 rings (SSSR count). The maximum atomic E-state index is 13.1. The summed E-state index contributed by atoms with van der Waals surface area (Å²) in [5, 5.41) is 9.69. The summed E-state index contributed by atoms with van der Waals surface area (Å²) < 4.78 is 0. The third-order valence-electron chi connectivity index (χ3n) is 5.88. The van der Waals surface area contributed by atoms with Crippen LogP contribution in [0.5, 0.6) is 0 Å². The first-order valence-corrected chi connectivity index (χ1v) is 11.3. The summed E-state index contributed by atoms with van der Waals surface area (Å²) in [4.78, 5) is 33.3. The van der Waals surface area contributed by atoms with Crippen LogP contribution in [0.25, 0.3) is 0 Å². The molecule has 0 saturated carbocycles. The van der Waals surface area contributed by atoms with E-state index in [1.54, 1.807) is 12.4 Å². The molecule has 1 saturated heterocycles. The van der Waals surface area contributed by atoms with Crippen LogP contribution in [-0.2, 0) is 0 Å². The van der Waals surface area contributed by atoms with Gasteiger partial charge in [-0.2, -0.15) is 0 Å². The van der Waals surface area contributed by atoms with E-state index in [0.29, 0.717) is 29.2 Å². The number of aromatic nitrogens is 2. The van der Waals surface area contributed by atoms with Crippen LogP contribution >= 0.6 is 0 Å². The molecule has 1 atom stereocenters. The molecular weight excluding hydrogens is 414 g/mol. The first kappa shape index (κ1) is 22.7. The number of hydrogen-bond donors (Lipinski definition) is 1. The van der Waals surface area contributed by atoms with E-state index in [4.69, 9.17) is 0 Å². The number of Topliss-reactive ketones (excluding diaryl/α,β-unsaturated/α-hetero) is 1. The number of nitrogens with zero attached hydrogens (tertiary/aromatic N) is 5. The average molecular weight is 444 g/mol. The smallest absolute Gasteiger partial charge is 0.178 e. The summed E-state index contributed by atoms with van der Waals surface area (Å²) in [6, 6.07) is 9.31. The highest BCUT2D eigenvalue weighted by atomic mass is 16.3. The van der Waals surface area contributed by atoms with Crippen LogP contribution in [0.1, 0.15) is 49.2 Å². The van der Waals surface area contributed by atoms with Gasteiger partial charge in [-0.1, -0.05) is 18.7 Å². The van der Waals surface area contributed by atoms with Crippen LogP contribution in [0.3, 0.4) is 0 Å². The van der Waals surface area contributed by atoms with Gasteiger partial charge in [0.25, 0.3) is 0 Å². The molecule has 0 radical (unpaired) electrons. The predicted molar refractivity (Wildman–Crippen MR) is 131 cm³/mol. The number of carbonyl (C=O) groups excluding carboxylic acids is 1. The predicted octanol–water partition coefficient (Wildman–Crippen LogP) is 4.01. The lowest BCUT2D eigenvalue weighted by atomic mass is 9.78. The summed E-state index contributed by atoms with van der Waals surface area (Å²) in [5.41, 5.74) is 3.45. The number of piperidine rings is 1. The number of anilines is 1. The van der Waals surface area contributed by atoms with Gasteiger partial charge < -0.3 is 10.0 Å². The number of carbonyl (C=O) groups is 1. The number of allylic oxidation sites excluding steroid dienone is 2. The number of ketones is 1. The Labute approximate surface area is 194 Å². The second kappa shape index (κ2) is 10.0. The Morgan fingerprint density at radius 3 is 2.48 bits per heavy atom. The zero-order valence-corrected chi connectivity index (χ0v) is 19.1. The molecule has 170 valence electrons. The SMILES string of the molecule is C=C(N=C(N=C(C)C)c1ccccn1)C1=CCC1C(=O)c1ccc(N2CCC(O)CC2)nc1. The molecule has 33 heavy (non-hydrogen) atoms. The van der Waals surface area contributed by atoms with Crippen molar-refractivity contribution in [3.63, 3.8) is 0 Å². The lowest BCUT2D eigenvalue weighted by Gasteiger charge is -2.30. The molecule has 7 heteroatoms. The zero-order valence-electron chi connectivity index (χ0n) is 19.1. The van der Waals surface area contributed by atoms with Crippen molar-refractivity contribution < 1.29 is 9.90 Å². The van der Waals surface area contributed by atoms with Crippen LogP contribution < -0.4 is 4.90 Å². The van der Waals surface area contributed by atoms with Gasteiger partial charge in [-0.05, 0) is 62.9 Å². The molecule has 3 heterocycles. The minimum atomic E-state index is -0.282. The zero-order chi connectivity index (χ0) is 23.4. The van der Waals surface area contributed by atoms with E-state index >= 15 is 0 Å². The van der Waals surface area contributed by atoms with Gasteiger partial charge in [-0.15, -0.1) is 0 Å². The third-order valence-corrected chi connectivity index (χ3v) is 5.88. The molecule has 1 aliphatic heterocycles. The Hall–Kier alpha value is -3.45. The molecule has 2 aromatic heterocycles. The molecule has 0 spiro atoms. The van der Waals surface area contributed by atoms with Gasteiger partial charge in [-0.25, -0.2) is 15.0 Å². The molecule has 1 fully saturated rings. The summed E-state index contributed by atoms with van der Waals surface area (Å²) in [7, 11) is 0. The lowest BCUT2D eigenvalue weighted by molar-refractivity contribution is 0.0931. The van der Waals surface area contributed by atoms with E-state index in [9.17, 15) is 9.90 Å². The van der Waals surface area contributed by atoms with Gasteiger partial charge in [0, 0.05) is 36.8 Å². The second-order valence-corrected chi connectivity index (χ2v) is 8.59. The number of aliphatic imine (C=N–C) groups is 2.